The highest BCUT2D eigenvalue weighted by Crippen LogP contribution is 2.24. The highest BCUT2D eigenvalue weighted by Gasteiger charge is 2.10. The van der Waals surface area contributed by atoms with Crippen LogP contribution in [0.25, 0.3) is 0 Å². The van der Waals surface area contributed by atoms with E-state index in [2.05, 4.69) is 4.98 Å². The number of halogens is 1. The molecule has 0 bridgehead atoms. The summed E-state index contributed by atoms with van der Waals surface area (Å²) < 4.78 is 13.1. The van der Waals surface area contributed by atoms with Gasteiger partial charge in [0.1, 0.15) is 5.82 Å². The van der Waals surface area contributed by atoms with Crippen LogP contribution >= 0.6 is 0 Å². The molecular formula is C14H14FN3O2. The molecule has 6 heteroatoms. The Labute approximate surface area is 115 Å². The van der Waals surface area contributed by atoms with Crippen LogP contribution in [0.1, 0.15) is 15.9 Å². The first kappa shape index (κ1) is 13.8. The van der Waals surface area contributed by atoms with Crippen molar-refractivity contribution >= 4 is 17.3 Å². The molecule has 0 saturated heterocycles. The van der Waals surface area contributed by atoms with Gasteiger partial charge in [-0.2, -0.15) is 0 Å². The summed E-state index contributed by atoms with van der Waals surface area (Å²) in [5, 5.41) is 8.89. The Morgan fingerprint density at radius 1 is 1.40 bits per heavy atom. The fraction of sp³-hybridized carbons (Fsp3) is 0.143. The molecule has 0 unspecified atom stereocenters. The Morgan fingerprint density at radius 2 is 2.15 bits per heavy atom. The van der Waals surface area contributed by atoms with Crippen LogP contribution in [-0.2, 0) is 6.54 Å². The lowest BCUT2D eigenvalue weighted by atomic mass is 10.1. The lowest BCUT2D eigenvalue weighted by molar-refractivity contribution is 0.0697. The quantitative estimate of drug-likeness (QED) is 0.836. The van der Waals surface area contributed by atoms with E-state index >= 15 is 0 Å². The number of hydrogen-bond donors (Lipinski definition) is 2. The number of nitrogens with zero attached hydrogens (tertiary/aromatic N) is 2. The molecule has 0 atom stereocenters. The van der Waals surface area contributed by atoms with E-state index in [-0.39, 0.29) is 5.56 Å². The lowest BCUT2D eigenvalue weighted by Gasteiger charge is -2.21. The minimum Gasteiger partial charge on any atom is -0.478 e. The molecule has 0 aliphatic rings. The molecule has 0 fully saturated rings. The number of nitrogen functional groups attached to an aromatic ring is 1. The van der Waals surface area contributed by atoms with Crippen molar-refractivity contribution < 1.29 is 14.3 Å². The van der Waals surface area contributed by atoms with Crippen LogP contribution < -0.4 is 10.6 Å². The standard InChI is InChI=1S/C14H14FN3O2/c1-18(8-9-4-11(15)7-17-6-9)13-3-2-10(14(19)20)5-12(13)16/h2-7H,8,16H2,1H3,(H,19,20). The molecule has 5 nitrogen and oxygen atoms in total. The maximum absolute atomic E-state index is 13.1. The van der Waals surface area contributed by atoms with E-state index in [1.54, 1.807) is 24.2 Å². The van der Waals surface area contributed by atoms with Gasteiger partial charge in [0, 0.05) is 19.8 Å². The first-order valence-electron chi connectivity index (χ1n) is 5.91. The van der Waals surface area contributed by atoms with Crippen molar-refractivity contribution in [2.24, 2.45) is 0 Å². The number of rotatable bonds is 4. The van der Waals surface area contributed by atoms with Crippen LogP contribution in [0.15, 0.2) is 36.7 Å². The largest absolute Gasteiger partial charge is 0.478 e. The minimum atomic E-state index is -1.03. The number of hydrogen-bond acceptors (Lipinski definition) is 4. The maximum Gasteiger partial charge on any atom is 0.335 e. The molecule has 2 aromatic rings. The third-order valence-corrected chi connectivity index (χ3v) is 2.87. The van der Waals surface area contributed by atoms with Crippen LogP contribution in [0.5, 0.6) is 0 Å². The van der Waals surface area contributed by atoms with E-state index in [0.717, 1.165) is 6.20 Å². The second-order valence-electron chi connectivity index (χ2n) is 4.45. The first-order valence-corrected chi connectivity index (χ1v) is 5.91. The summed E-state index contributed by atoms with van der Waals surface area (Å²) in [4.78, 5) is 16.4. The molecule has 1 aromatic carbocycles. The number of anilines is 2. The number of carboxylic acids is 1. The van der Waals surface area contributed by atoms with E-state index in [1.807, 2.05) is 0 Å². The Bertz CT molecular complexity index is 646. The summed E-state index contributed by atoms with van der Waals surface area (Å²) in [5.41, 5.74) is 7.72. The number of aromatic carboxylic acids is 1. The van der Waals surface area contributed by atoms with Crippen molar-refractivity contribution in [2.45, 2.75) is 6.54 Å². The predicted octanol–water partition coefficient (Wildman–Crippen LogP) is 2.14. The average Bonchev–Trinajstić information content (AvgIpc) is 2.38. The molecule has 2 rings (SSSR count). The monoisotopic (exact) mass is 275 g/mol. The Kier molecular flexibility index (Phi) is 3.84. The fourth-order valence-electron chi connectivity index (χ4n) is 1.94. The second-order valence-corrected chi connectivity index (χ2v) is 4.45. The predicted molar refractivity (Wildman–Crippen MR) is 74.1 cm³/mol. The molecule has 1 aromatic heterocycles. The average molecular weight is 275 g/mol. The third kappa shape index (κ3) is 3.03. The number of benzene rings is 1. The maximum atomic E-state index is 13.1. The van der Waals surface area contributed by atoms with Crippen molar-refractivity contribution in [3.05, 3.63) is 53.6 Å². The molecule has 0 spiro atoms. The van der Waals surface area contributed by atoms with Crippen LogP contribution in [0, 0.1) is 5.82 Å². The van der Waals surface area contributed by atoms with Gasteiger partial charge in [0.25, 0.3) is 0 Å². The number of nitrogens with two attached hydrogens (primary N) is 1. The molecule has 0 saturated carbocycles. The smallest absolute Gasteiger partial charge is 0.335 e. The molecule has 3 N–H and O–H groups in total. The van der Waals surface area contributed by atoms with Gasteiger partial charge >= 0.3 is 5.97 Å². The summed E-state index contributed by atoms with van der Waals surface area (Å²) in [7, 11) is 1.79. The Hall–Kier alpha value is -2.63. The molecule has 0 aliphatic carbocycles. The summed E-state index contributed by atoms with van der Waals surface area (Å²) >= 11 is 0. The normalized spacial score (nSPS) is 10.3. The van der Waals surface area contributed by atoms with Gasteiger partial charge in [-0.3, -0.25) is 4.98 Å². The summed E-state index contributed by atoms with van der Waals surface area (Å²) in [6.45, 7) is 0.418. The lowest BCUT2D eigenvalue weighted by Crippen LogP contribution is -2.18. The number of carbonyl (C=O) groups is 1. The molecule has 20 heavy (non-hydrogen) atoms. The van der Waals surface area contributed by atoms with E-state index in [9.17, 15) is 9.18 Å². The molecule has 1 heterocycles. The van der Waals surface area contributed by atoms with Gasteiger partial charge < -0.3 is 15.7 Å². The highest BCUT2D eigenvalue weighted by molar-refractivity contribution is 5.90. The van der Waals surface area contributed by atoms with Crippen molar-refractivity contribution in [1.29, 1.82) is 0 Å². The zero-order valence-corrected chi connectivity index (χ0v) is 10.9. The molecule has 0 radical (unpaired) electrons. The van der Waals surface area contributed by atoms with Crippen molar-refractivity contribution in [3.8, 4) is 0 Å². The minimum absolute atomic E-state index is 0.132. The van der Waals surface area contributed by atoms with Gasteiger partial charge in [0.05, 0.1) is 23.1 Å². The van der Waals surface area contributed by atoms with Crippen LogP contribution in [0.3, 0.4) is 0 Å². The molecular weight excluding hydrogens is 261 g/mol. The van der Waals surface area contributed by atoms with Gasteiger partial charge in [-0.05, 0) is 29.8 Å². The van der Waals surface area contributed by atoms with Crippen LogP contribution in [0.2, 0.25) is 0 Å². The van der Waals surface area contributed by atoms with Gasteiger partial charge in [-0.25, -0.2) is 9.18 Å². The van der Waals surface area contributed by atoms with Crippen molar-refractivity contribution in [1.82, 2.24) is 4.98 Å². The van der Waals surface area contributed by atoms with Crippen molar-refractivity contribution in [2.75, 3.05) is 17.7 Å². The highest BCUT2D eigenvalue weighted by atomic mass is 19.1. The third-order valence-electron chi connectivity index (χ3n) is 2.87. The van der Waals surface area contributed by atoms with E-state index in [0.29, 0.717) is 23.5 Å². The van der Waals surface area contributed by atoms with Gasteiger partial charge in [-0.1, -0.05) is 0 Å². The Balaban J connectivity index is 2.21. The van der Waals surface area contributed by atoms with E-state index in [4.69, 9.17) is 10.8 Å². The second kappa shape index (κ2) is 5.56. The van der Waals surface area contributed by atoms with Gasteiger partial charge in [0.15, 0.2) is 0 Å². The van der Waals surface area contributed by atoms with Gasteiger partial charge in [-0.15, -0.1) is 0 Å². The van der Waals surface area contributed by atoms with E-state index < -0.39 is 11.8 Å². The number of carboxylic acid groups (broad SMARTS) is 1. The van der Waals surface area contributed by atoms with Gasteiger partial charge in [0.2, 0.25) is 0 Å². The number of aromatic nitrogens is 1. The first-order chi connectivity index (χ1) is 9.47. The summed E-state index contributed by atoms with van der Waals surface area (Å²) in [5.74, 6) is -1.43. The van der Waals surface area contributed by atoms with Crippen molar-refractivity contribution in [3.63, 3.8) is 0 Å². The fourth-order valence-corrected chi connectivity index (χ4v) is 1.94. The van der Waals surface area contributed by atoms with Crippen LogP contribution in [-0.4, -0.2) is 23.1 Å². The summed E-state index contributed by atoms with van der Waals surface area (Å²) in [6.07, 6.45) is 2.71. The summed E-state index contributed by atoms with van der Waals surface area (Å²) in [6, 6.07) is 5.91. The Morgan fingerprint density at radius 3 is 2.75 bits per heavy atom. The van der Waals surface area contributed by atoms with Crippen LogP contribution in [0.4, 0.5) is 15.8 Å². The molecule has 0 amide bonds. The zero-order chi connectivity index (χ0) is 14.7. The van der Waals surface area contributed by atoms with E-state index in [1.165, 1.54) is 18.2 Å². The SMILES string of the molecule is CN(Cc1cncc(F)c1)c1ccc(C(=O)O)cc1N. The molecule has 0 aliphatic heterocycles. The topological polar surface area (TPSA) is 79.5 Å². The zero-order valence-electron chi connectivity index (χ0n) is 10.9. The number of pyridine rings is 1. The molecule has 104 valence electrons.